The Labute approximate surface area is 304 Å². The fourth-order valence-electron chi connectivity index (χ4n) is 8.98. The molecule has 0 radical (unpaired) electrons. The third-order valence-corrected chi connectivity index (χ3v) is 11.4. The standard InChI is InChI=1S/C51H29NO/c1-2-9-33-28-47-44(26-32(33)8-1)43-27-34(21-23-46(43)53-47)45-22-20-37(29-52-45)50-39-12-3-5-14-41(39)51(42-15-6-4-13-40(42)50)38-24-35-18-16-30-10-7-11-31-17-19-36(25-38)49(35)48(30)31/h1-29H. The lowest BCUT2D eigenvalue weighted by Gasteiger charge is -2.19. The highest BCUT2D eigenvalue weighted by Crippen LogP contribution is 2.46. The van der Waals surface area contributed by atoms with Gasteiger partial charge in [-0.1, -0.05) is 121 Å². The summed E-state index contributed by atoms with van der Waals surface area (Å²) >= 11 is 0. The van der Waals surface area contributed by atoms with E-state index in [4.69, 9.17) is 9.40 Å². The number of furan rings is 1. The predicted octanol–water partition coefficient (Wildman–Crippen LogP) is 14.3. The molecule has 2 heterocycles. The highest BCUT2D eigenvalue weighted by atomic mass is 16.3. The lowest BCUT2D eigenvalue weighted by atomic mass is 9.84. The minimum absolute atomic E-state index is 0.888. The van der Waals surface area contributed by atoms with Gasteiger partial charge in [0.05, 0.1) is 5.69 Å². The summed E-state index contributed by atoms with van der Waals surface area (Å²) in [5.41, 5.74) is 8.61. The Morgan fingerprint density at radius 1 is 0.321 bits per heavy atom. The van der Waals surface area contributed by atoms with Gasteiger partial charge in [0, 0.05) is 28.1 Å². The van der Waals surface area contributed by atoms with Crippen LogP contribution in [0.4, 0.5) is 0 Å². The normalized spacial score (nSPS) is 12.2. The number of rotatable bonds is 3. The van der Waals surface area contributed by atoms with Crippen LogP contribution in [-0.4, -0.2) is 4.98 Å². The van der Waals surface area contributed by atoms with Crippen LogP contribution in [0.5, 0.6) is 0 Å². The van der Waals surface area contributed by atoms with Crippen molar-refractivity contribution < 1.29 is 4.42 Å². The highest BCUT2D eigenvalue weighted by molar-refractivity contribution is 6.26. The Morgan fingerprint density at radius 2 is 0.849 bits per heavy atom. The molecule has 0 bridgehead atoms. The van der Waals surface area contributed by atoms with Crippen molar-refractivity contribution in [3.05, 3.63) is 176 Å². The first-order valence-corrected chi connectivity index (χ1v) is 18.2. The van der Waals surface area contributed by atoms with Crippen molar-refractivity contribution in [1.29, 1.82) is 0 Å². The van der Waals surface area contributed by atoms with Crippen molar-refractivity contribution in [2.45, 2.75) is 0 Å². The molecule has 12 rings (SSSR count). The molecule has 0 N–H and O–H groups in total. The number of benzene rings is 10. The first kappa shape index (κ1) is 28.6. The molecule has 2 heteroatoms. The molecule has 0 unspecified atom stereocenters. The first-order chi connectivity index (χ1) is 26.2. The molecular formula is C51H29NO. The van der Waals surface area contributed by atoms with Crippen molar-refractivity contribution in [1.82, 2.24) is 4.98 Å². The summed E-state index contributed by atoms with van der Waals surface area (Å²) in [4.78, 5) is 5.09. The average molecular weight is 672 g/mol. The molecule has 2 aromatic heterocycles. The second-order valence-electron chi connectivity index (χ2n) is 14.3. The van der Waals surface area contributed by atoms with E-state index in [1.54, 1.807) is 0 Å². The number of fused-ring (bicyclic) bond motifs is 6. The molecule has 0 saturated carbocycles. The summed E-state index contributed by atoms with van der Waals surface area (Å²) in [7, 11) is 0. The monoisotopic (exact) mass is 671 g/mol. The van der Waals surface area contributed by atoms with Crippen LogP contribution in [0.25, 0.3) is 120 Å². The smallest absolute Gasteiger partial charge is 0.136 e. The van der Waals surface area contributed by atoms with E-state index < -0.39 is 0 Å². The van der Waals surface area contributed by atoms with Crippen LogP contribution in [0, 0.1) is 0 Å². The average Bonchev–Trinajstić information content (AvgIpc) is 3.57. The zero-order valence-corrected chi connectivity index (χ0v) is 28.6. The molecule has 0 fully saturated rings. The van der Waals surface area contributed by atoms with E-state index in [2.05, 4.69) is 170 Å². The minimum Gasteiger partial charge on any atom is -0.456 e. The fraction of sp³-hybridized carbons (Fsp3) is 0. The zero-order valence-electron chi connectivity index (χ0n) is 28.6. The van der Waals surface area contributed by atoms with Crippen LogP contribution in [0.3, 0.4) is 0 Å². The van der Waals surface area contributed by atoms with Gasteiger partial charge in [-0.3, -0.25) is 4.98 Å². The first-order valence-electron chi connectivity index (χ1n) is 18.2. The van der Waals surface area contributed by atoms with Gasteiger partial charge in [0.15, 0.2) is 0 Å². The molecule has 2 nitrogen and oxygen atoms in total. The van der Waals surface area contributed by atoms with Gasteiger partial charge < -0.3 is 4.42 Å². The molecule has 53 heavy (non-hydrogen) atoms. The molecule has 0 atom stereocenters. The summed E-state index contributed by atoms with van der Waals surface area (Å²) in [6, 6.07) is 61.8. The quantitative estimate of drug-likeness (QED) is 0.138. The Kier molecular flexibility index (Phi) is 5.80. The number of pyridine rings is 1. The van der Waals surface area contributed by atoms with Gasteiger partial charge in [-0.2, -0.15) is 0 Å². The predicted molar refractivity (Wildman–Crippen MR) is 224 cm³/mol. The van der Waals surface area contributed by atoms with Gasteiger partial charge in [-0.25, -0.2) is 0 Å². The number of aromatic nitrogens is 1. The molecule has 0 aliphatic carbocycles. The maximum atomic E-state index is 6.28. The fourth-order valence-corrected chi connectivity index (χ4v) is 8.98. The van der Waals surface area contributed by atoms with Crippen molar-refractivity contribution in [3.8, 4) is 33.5 Å². The molecule has 0 amide bonds. The van der Waals surface area contributed by atoms with Crippen LogP contribution >= 0.6 is 0 Å². The molecule has 0 aliphatic heterocycles. The third kappa shape index (κ3) is 4.18. The Bertz CT molecular complexity index is 3320. The summed E-state index contributed by atoms with van der Waals surface area (Å²) in [5.74, 6) is 0. The van der Waals surface area contributed by atoms with Gasteiger partial charge in [-0.05, 0) is 130 Å². The highest BCUT2D eigenvalue weighted by Gasteiger charge is 2.19. The van der Waals surface area contributed by atoms with E-state index in [9.17, 15) is 0 Å². The maximum absolute atomic E-state index is 6.28. The van der Waals surface area contributed by atoms with Crippen LogP contribution in [-0.2, 0) is 0 Å². The topological polar surface area (TPSA) is 26.0 Å². The van der Waals surface area contributed by atoms with Crippen molar-refractivity contribution in [2.24, 2.45) is 0 Å². The van der Waals surface area contributed by atoms with Crippen molar-refractivity contribution in [2.75, 3.05) is 0 Å². The SMILES string of the molecule is c1ccc2cc3c(cc2c1)oc1ccc(-c2ccc(-c4c5ccccc5c(-c5cc6ccc7cccc8ccc(c5)c6c78)c5ccccc45)cn2)cc13. The van der Waals surface area contributed by atoms with E-state index >= 15 is 0 Å². The summed E-state index contributed by atoms with van der Waals surface area (Å²) in [6.45, 7) is 0. The van der Waals surface area contributed by atoms with Crippen LogP contribution in [0.15, 0.2) is 180 Å². The van der Waals surface area contributed by atoms with E-state index in [0.717, 1.165) is 38.8 Å². The second-order valence-corrected chi connectivity index (χ2v) is 14.3. The van der Waals surface area contributed by atoms with Crippen LogP contribution in [0.1, 0.15) is 0 Å². The molecule has 0 saturated heterocycles. The molecule has 10 aromatic carbocycles. The summed E-state index contributed by atoms with van der Waals surface area (Å²) in [6.07, 6.45) is 2.04. The summed E-state index contributed by atoms with van der Waals surface area (Å²) < 4.78 is 6.28. The Balaban J connectivity index is 1.02. The van der Waals surface area contributed by atoms with Gasteiger partial charge in [0.1, 0.15) is 11.2 Å². The van der Waals surface area contributed by atoms with E-state index in [1.807, 2.05) is 6.20 Å². The van der Waals surface area contributed by atoms with E-state index in [-0.39, 0.29) is 0 Å². The summed E-state index contributed by atoms with van der Waals surface area (Å²) in [5, 5.41) is 17.4. The minimum atomic E-state index is 0.888. The number of nitrogens with zero attached hydrogens (tertiary/aromatic N) is 1. The third-order valence-electron chi connectivity index (χ3n) is 11.4. The Morgan fingerprint density at radius 3 is 1.49 bits per heavy atom. The zero-order chi connectivity index (χ0) is 34.6. The lowest BCUT2D eigenvalue weighted by molar-refractivity contribution is 0.669. The molecule has 0 aliphatic rings. The number of hydrogen-bond acceptors (Lipinski definition) is 2. The van der Waals surface area contributed by atoms with Gasteiger partial charge >= 0.3 is 0 Å². The van der Waals surface area contributed by atoms with Crippen molar-refractivity contribution >= 4 is 86.6 Å². The van der Waals surface area contributed by atoms with Gasteiger partial charge in [-0.15, -0.1) is 0 Å². The van der Waals surface area contributed by atoms with Gasteiger partial charge in [0.25, 0.3) is 0 Å². The van der Waals surface area contributed by atoms with Crippen molar-refractivity contribution in [3.63, 3.8) is 0 Å². The molecule has 244 valence electrons. The largest absolute Gasteiger partial charge is 0.456 e. The van der Waals surface area contributed by atoms with E-state index in [0.29, 0.717) is 0 Å². The van der Waals surface area contributed by atoms with Crippen LogP contribution < -0.4 is 0 Å². The second kappa shape index (κ2) is 10.7. The molecule has 12 aromatic rings. The molecule has 0 spiro atoms. The molecular weight excluding hydrogens is 643 g/mol. The number of hydrogen-bond donors (Lipinski definition) is 0. The van der Waals surface area contributed by atoms with Crippen LogP contribution in [0.2, 0.25) is 0 Å². The maximum Gasteiger partial charge on any atom is 0.136 e. The van der Waals surface area contributed by atoms with Gasteiger partial charge in [0.2, 0.25) is 0 Å². The van der Waals surface area contributed by atoms with E-state index in [1.165, 1.54) is 81.3 Å². The lowest BCUT2D eigenvalue weighted by Crippen LogP contribution is -1.92. The Hall–Kier alpha value is -7.03.